The first-order valence-electron chi connectivity index (χ1n) is 6.65. The van der Waals surface area contributed by atoms with Crippen molar-refractivity contribution in [2.75, 3.05) is 0 Å². The van der Waals surface area contributed by atoms with Crippen LogP contribution in [0.1, 0.15) is 0 Å². The predicted octanol–water partition coefficient (Wildman–Crippen LogP) is 4.39. The van der Waals surface area contributed by atoms with Crippen molar-refractivity contribution in [3.05, 3.63) is 59.3 Å². The molecule has 4 nitrogen and oxygen atoms in total. The Balaban J connectivity index is 1.62. The minimum absolute atomic E-state index is 0.919. The van der Waals surface area contributed by atoms with Crippen molar-refractivity contribution in [2.24, 2.45) is 0 Å². The van der Waals surface area contributed by atoms with Crippen LogP contribution in [0.15, 0.2) is 59.3 Å². The second-order valence-corrected chi connectivity index (χ2v) is 5.95. The number of hydrogen-bond acceptors (Lipinski definition) is 6. The van der Waals surface area contributed by atoms with Crippen LogP contribution in [0.4, 0.5) is 0 Å². The summed E-state index contributed by atoms with van der Waals surface area (Å²) in [4.78, 5) is 0. The molecule has 0 unspecified atom stereocenters. The van der Waals surface area contributed by atoms with Gasteiger partial charge in [0.25, 0.3) is 0 Å². The van der Waals surface area contributed by atoms with Gasteiger partial charge in [-0.2, -0.15) is 0 Å². The summed E-state index contributed by atoms with van der Waals surface area (Å²) in [7, 11) is 0. The monoisotopic (exact) mass is 322 g/mol. The normalized spacial score (nSPS) is 10.7. The van der Waals surface area contributed by atoms with E-state index in [1.807, 2.05) is 10.8 Å². The van der Waals surface area contributed by atoms with Crippen LogP contribution in [0.25, 0.3) is 33.6 Å². The van der Waals surface area contributed by atoms with E-state index in [0.29, 0.717) is 0 Å². The summed E-state index contributed by atoms with van der Waals surface area (Å²) in [5.74, 6) is 0. The fraction of sp³-hybridized carbons (Fsp3) is 0. The molecule has 0 fully saturated rings. The fourth-order valence-electron chi connectivity index (χ4n) is 2.25. The molecule has 4 rings (SSSR count). The molecular formula is C16H10N4S2. The summed E-state index contributed by atoms with van der Waals surface area (Å²) in [6.45, 7) is 0. The molecule has 22 heavy (non-hydrogen) atoms. The van der Waals surface area contributed by atoms with Gasteiger partial charge < -0.3 is 0 Å². The lowest BCUT2D eigenvalue weighted by Gasteiger charge is -2.04. The van der Waals surface area contributed by atoms with E-state index >= 15 is 0 Å². The minimum Gasteiger partial charge on any atom is -0.138 e. The van der Waals surface area contributed by atoms with Crippen molar-refractivity contribution in [1.82, 2.24) is 19.2 Å². The van der Waals surface area contributed by atoms with E-state index in [1.165, 1.54) is 34.2 Å². The van der Waals surface area contributed by atoms with Gasteiger partial charge in [0, 0.05) is 21.9 Å². The van der Waals surface area contributed by atoms with Gasteiger partial charge >= 0.3 is 0 Å². The van der Waals surface area contributed by atoms with Gasteiger partial charge in [-0.1, -0.05) is 57.5 Å². The molecule has 0 saturated heterocycles. The first kappa shape index (κ1) is 13.2. The molecule has 0 saturated carbocycles. The average molecular weight is 322 g/mol. The molecule has 0 aliphatic rings. The predicted molar refractivity (Wildman–Crippen MR) is 89.7 cm³/mol. The third-order valence-corrected chi connectivity index (χ3v) is 4.42. The van der Waals surface area contributed by atoms with E-state index in [1.54, 1.807) is 0 Å². The Bertz CT molecular complexity index is 776. The summed E-state index contributed by atoms with van der Waals surface area (Å²) in [6, 6.07) is 16.7. The van der Waals surface area contributed by atoms with Crippen LogP contribution in [0, 0.1) is 0 Å². The Labute approximate surface area is 135 Å². The number of benzene rings is 2. The van der Waals surface area contributed by atoms with Gasteiger partial charge in [0.1, 0.15) is 11.4 Å². The Kier molecular flexibility index (Phi) is 3.46. The maximum absolute atomic E-state index is 4.09. The van der Waals surface area contributed by atoms with Gasteiger partial charge in [-0.3, -0.25) is 0 Å². The molecule has 0 aliphatic carbocycles. The first-order chi connectivity index (χ1) is 10.9. The molecule has 4 aromatic rings. The summed E-state index contributed by atoms with van der Waals surface area (Å²) < 4.78 is 7.79. The van der Waals surface area contributed by atoms with Crippen LogP contribution in [0.2, 0.25) is 0 Å². The van der Waals surface area contributed by atoms with Crippen LogP contribution in [-0.4, -0.2) is 19.2 Å². The lowest BCUT2D eigenvalue weighted by molar-refractivity contribution is 1.16. The average Bonchev–Trinajstić information content (AvgIpc) is 3.29. The smallest absolute Gasteiger partial charge is 0.105 e. The second kappa shape index (κ2) is 5.75. The molecule has 0 N–H and O–H groups in total. The van der Waals surface area contributed by atoms with Gasteiger partial charge in [-0.25, -0.2) is 0 Å². The van der Waals surface area contributed by atoms with Crippen LogP contribution in [0.5, 0.6) is 0 Å². The van der Waals surface area contributed by atoms with Gasteiger partial charge in [-0.05, 0) is 34.2 Å². The Hall–Kier alpha value is -2.44. The third-order valence-electron chi connectivity index (χ3n) is 3.41. The third kappa shape index (κ3) is 2.54. The van der Waals surface area contributed by atoms with Crippen molar-refractivity contribution >= 4 is 23.1 Å². The second-order valence-electron chi connectivity index (χ2n) is 4.74. The molecule has 6 heteroatoms. The zero-order valence-corrected chi connectivity index (χ0v) is 13.0. The highest BCUT2D eigenvalue weighted by Crippen LogP contribution is 2.26. The highest BCUT2D eigenvalue weighted by molar-refractivity contribution is 7.03. The van der Waals surface area contributed by atoms with E-state index in [0.717, 1.165) is 22.5 Å². The number of rotatable bonds is 3. The maximum Gasteiger partial charge on any atom is 0.105 e. The standard InChI is InChI=1S/C16H10N4S2/c1-5-13(15-9-21-19-17-15)6-2-11(1)12-3-7-14(8-4-12)16-10-22-20-18-16/h1-10H. The maximum atomic E-state index is 4.09. The van der Waals surface area contributed by atoms with E-state index in [9.17, 15) is 0 Å². The van der Waals surface area contributed by atoms with Crippen molar-refractivity contribution in [3.63, 3.8) is 0 Å². The lowest BCUT2D eigenvalue weighted by atomic mass is 10.0. The van der Waals surface area contributed by atoms with Gasteiger partial charge in [0.05, 0.1) is 0 Å². The van der Waals surface area contributed by atoms with Crippen LogP contribution < -0.4 is 0 Å². The molecular weight excluding hydrogens is 312 g/mol. The highest BCUT2D eigenvalue weighted by atomic mass is 32.1. The van der Waals surface area contributed by atoms with E-state index in [4.69, 9.17) is 0 Å². The Morgan fingerprint density at radius 1 is 0.500 bits per heavy atom. The molecule has 0 atom stereocenters. The minimum atomic E-state index is 0.919. The van der Waals surface area contributed by atoms with Crippen LogP contribution >= 0.6 is 23.1 Å². The topological polar surface area (TPSA) is 51.6 Å². The van der Waals surface area contributed by atoms with Crippen molar-refractivity contribution in [1.29, 1.82) is 0 Å². The van der Waals surface area contributed by atoms with Crippen molar-refractivity contribution in [2.45, 2.75) is 0 Å². The highest BCUT2D eigenvalue weighted by Gasteiger charge is 2.04. The number of aromatic nitrogens is 4. The van der Waals surface area contributed by atoms with Gasteiger partial charge in [0.2, 0.25) is 0 Å². The molecule has 2 aromatic carbocycles. The molecule has 2 aromatic heterocycles. The summed E-state index contributed by atoms with van der Waals surface area (Å²) in [5, 5.41) is 12.1. The summed E-state index contributed by atoms with van der Waals surface area (Å²) >= 11 is 2.73. The largest absolute Gasteiger partial charge is 0.138 e. The molecule has 0 bridgehead atoms. The van der Waals surface area contributed by atoms with E-state index in [2.05, 4.69) is 67.7 Å². The lowest BCUT2D eigenvalue weighted by Crippen LogP contribution is -1.82. The zero-order chi connectivity index (χ0) is 14.8. The van der Waals surface area contributed by atoms with Crippen LogP contribution in [-0.2, 0) is 0 Å². The Morgan fingerprint density at radius 3 is 1.18 bits per heavy atom. The molecule has 0 aliphatic heterocycles. The molecule has 0 amide bonds. The SMILES string of the molecule is c1cc(-c2csnn2)ccc1-c1ccc(-c2csnn2)cc1. The first-order valence-corrected chi connectivity index (χ1v) is 8.33. The van der Waals surface area contributed by atoms with Gasteiger partial charge in [-0.15, -0.1) is 10.2 Å². The number of nitrogens with zero attached hydrogens (tertiary/aromatic N) is 4. The molecule has 0 radical (unpaired) electrons. The molecule has 2 heterocycles. The van der Waals surface area contributed by atoms with E-state index < -0.39 is 0 Å². The zero-order valence-electron chi connectivity index (χ0n) is 11.4. The van der Waals surface area contributed by atoms with Crippen molar-refractivity contribution in [3.8, 4) is 33.6 Å². The Morgan fingerprint density at radius 2 is 0.864 bits per heavy atom. The fourth-order valence-corrected chi connectivity index (χ4v) is 3.18. The number of hydrogen-bond donors (Lipinski definition) is 0. The molecule has 0 spiro atoms. The van der Waals surface area contributed by atoms with E-state index in [-0.39, 0.29) is 0 Å². The van der Waals surface area contributed by atoms with Gasteiger partial charge in [0.15, 0.2) is 0 Å². The quantitative estimate of drug-likeness (QED) is 0.561. The molecule has 106 valence electrons. The van der Waals surface area contributed by atoms with Crippen molar-refractivity contribution < 1.29 is 0 Å². The van der Waals surface area contributed by atoms with Crippen LogP contribution in [0.3, 0.4) is 0 Å². The summed E-state index contributed by atoms with van der Waals surface area (Å²) in [5.41, 5.74) is 6.36. The summed E-state index contributed by atoms with van der Waals surface area (Å²) in [6.07, 6.45) is 0.